The minimum atomic E-state index is -0.400. The van der Waals surface area contributed by atoms with Crippen LogP contribution in [-0.2, 0) is 4.79 Å². The van der Waals surface area contributed by atoms with Gasteiger partial charge in [0.1, 0.15) is 5.82 Å². The van der Waals surface area contributed by atoms with E-state index in [9.17, 15) is 9.18 Å². The molecular formula is C20H17FN4OS. The second-order valence-electron chi connectivity index (χ2n) is 6.28. The number of thioether (sulfide) groups is 1. The lowest BCUT2D eigenvalue weighted by Gasteiger charge is -2.12. The zero-order valence-corrected chi connectivity index (χ0v) is 15.6. The number of hydrogen-bond acceptors (Lipinski definition) is 4. The molecule has 27 heavy (non-hydrogen) atoms. The minimum absolute atomic E-state index is 0.181. The van der Waals surface area contributed by atoms with Crippen molar-refractivity contribution < 1.29 is 9.18 Å². The first-order chi connectivity index (χ1) is 13.0. The summed E-state index contributed by atoms with van der Waals surface area (Å²) in [7, 11) is 0. The van der Waals surface area contributed by atoms with Gasteiger partial charge in [0.25, 0.3) is 0 Å². The molecule has 2 aromatic heterocycles. The van der Waals surface area contributed by atoms with Crippen LogP contribution in [0.25, 0.3) is 16.6 Å². The van der Waals surface area contributed by atoms with Crippen LogP contribution in [0.15, 0.2) is 59.8 Å². The van der Waals surface area contributed by atoms with Crippen molar-refractivity contribution in [3.05, 3.63) is 66.0 Å². The third-order valence-electron chi connectivity index (χ3n) is 4.34. The van der Waals surface area contributed by atoms with Crippen molar-refractivity contribution in [2.75, 3.05) is 5.32 Å². The average molecular weight is 380 g/mol. The molecule has 0 fully saturated rings. The van der Waals surface area contributed by atoms with Gasteiger partial charge in [-0.05, 0) is 55.8 Å². The fraction of sp³-hybridized carbons (Fsp3) is 0.150. The fourth-order valence-corrected chi connectivity index (χ4v) is 3.81. The molecule has 0 spiro atoms. The van der Waals surface area contributed by atoms with Gasteiger partial charge < -0.3 is 5.32 Å². The molecule has 4 rings (SSSR count). The van der Waals surface area contributed by atoms with Gasteiger partial charge in [0, 0.05) is 11.1 Å². The van der Waals surface area contributed by atoms with Crippen LogP contribution in [0.5, 0.6) is 0 Å². The van der Waals surface area contributed by atoms with Gasteiger partial charge in [0.15, 0.2) is 10.8 Å². The Hall–Kier alpha value is -2.93. The molecule has 0 aliphatic rings. The van der Waals surface area contributed by atoms with E-state index in [1.807, 2.05) is 35.6 Å². The van der Waals surface area contributed by atoms with E-state index in [1.54, 1.807) is 6.92 Å². The molecule has 0 saturated carbocycles. The summed E-state index contributed by atoms with van der Waals surface area (Å²) < 4.78 is 15.0. The molecule has 4 aromatic rings. The normalized spacial score (nSPS) is 12.4. The Kier molecular flexibility index (Phi) is 4.53. The van der Waals surface area contributed by atoms with E-state index in [-0.39, 0.29) is 11.7 Å². The van der Waals surface area contributed by atoms with Gasteiger partial charge in [0.05, 0.1) is 10.8 Å². The number of pyridine rings is 1. The third kappa shape index (κ3) is 3.38. The lowest BCUT2D eigenvalue weighted by atomic mass is 10.1. The number of carbonyl (C=O) groups excluding carboxylic acids is 1. The molecule has 2 heterocycles. The van der Waals surface area contributed by atoms with Crippen LogP contribution in [-0.4, -0.2) is 25.8 Å². The van der Waals surface area contributed by atoms with Crippen LogP contribution in [0.4, 0.5) is 10.1 Å². The number of hydrogen-bond donors (Lipinski definition) is 1. The van der Waals surface area contributed by atoms with E-state index in [1.165, 1.54) is 36.0 Å². The highest BCUT2D eigenvalue weighted by Crippen LogP contribution is 2.28. The number of anilines is 1. The van der Waals surface area contributed by atoms with Gasteiger partial charge in [0.2, 0.25) is 5.91 Å². The van der Waals surface area contributed by atoms with Crippen LogP contribution in [0.2, 0.25) is 0 Å². The van der Waals surface area contributed by atoms with Crippen molar-refractivity contribution in [3.63, 3.8) is 0 Å². The zero-order valence-electron chi connectivity index (χ0n) is 14.8. The first-order valence-corrected chi connectivity index (χ1v) is 9.37. The molecule has 1 N–H and O–H groups in total. The van der Waals surface area contributed by atoms with E-state index in [2.05, 4.69) is 21.6 Å². The van der Waals surface area contributed by atoms with Crippen LogP contribution in [0.3, 0.4) is 0 Å². The third-order valence-corrected chi connectivity index (χ3v) is 5.38. The molecule has 136 valence electrons. The first-order valence-electron chi connectivity index (χ1n) is 8.49. The van der Waals surface area contributed by atoms with Gasteiger partial charge in [-0.1, -0.05) is 30.0 Å². The highest BCUT2D eigenvalue weighted by Gasteiger charge is 2.19. The maximum Gasteiger partial charge on any atom is 0.237 e. The highest BCUT2D eigenvalue weighted by atomic mass is 32.2. The van der Waals surface area contributed by atoms with Crippen molar-refractivity contribution >= 4 is 39.9 Å². The number of rotatable bonds is 4. The first kappa shape index (κ1) is 17.5. The Bertz CT molecular complexity index is 1140. The van der Waals surface area contributed by atoms with E-state index in [0.717, 1.165) is 22.1 Å². The molecule has 1 unspecified atom stereocenters. The number of halogens is 1. The lowest BCUT2D eigenvalue weighted by molar-refractivity contribution is -0.115. The monoisotopic (exact) mass is 380 g/mol. The summed E-state index contributed by atoms with van der Waals surface area (Å²) >= 11 is 1.33. The van der Waals surface area contributed by atoms with Crippen molar-refractivity contribution in [1.29, 1.82) is 0 Å². The Morgan fingerprint density at radius 1 is 1.15 bits per heavy atom. The number of nitrogens with one attached hydrogen (secondary N) is 1. The maximum atomic E-state index is 13.0. The van der Waals surface area contributed by atoms with Gasteiger partial charge in [-0.3, -0.25) is 9.20 Å². The smallest absolute Gasteiger partial charge is 0.237 e. The second kappa shape index (κ2) is 7.00. The second-order valence-corrected chi connectivity index (χ2v) is 7.58. The van der Waals surface area contributed by atoms with E-state index in [0.29, 0.717) is 10.8 Å². The van der Waals surface area contributed by atoms with E-state index in [4.69, 9.17) is 0 Å². The van der Waals surface area contributed by atoms with Gasteiger partial charge in [-0.2, -0.15) is 0 Å². The summed E-state index contributed by atoms with van der Waals surface area (Å²) in [5.74, 6) is -0.521. The number of aryl methyl sites for hydroxylation is 1. The van der Waals surface area contributed by atoms with E-state index < -0.39 is 5.25 Å². The molecular weight excluding hydrogens is 363 g/mol. The molecule has 0 aliphatic heterocycles. The summed E-state index contributed by atoms with van der Waals surface area (Å²) in [5, 5.41) is 12.7. The number of aromatic nitrogens is 3. The largest absolute Gasteiger partial charge is 0.325 e. The molecule has 5 nitrogen and oxygen atoms in total. The summed E-state index contributed by atoms with van der Waals surface area (Å²) in [6, 6.07) is 15.7. The summed E-state index contributed by atoms with van der Waals surface area (Å²) in [6.45, 7) is 3.85. The van der Waals surface area contributed by atoms with Gasteiger partial charge in [-0.15, -0.1) is 10.2 Å². The quantitative estimate of drug-likeness (QED) is 0.532. The Morgan fingerprint density at radius 2 is 1.89 bits per heavy atom. The Balaban J connectivity index is 1.62. The van der Waals surface area contributed by atoms with Crippen molar-refractivity contribution in [2.24, 2.45) is 0 Å². The fourth-order valence-electron chi connectivity index (χ4n) is 2.94. The van der Waals surface area contributed by atoms with Crippen molar-refractivity contribution in [1.82, 2.24) is 14.6 Å². The molecule has 7 heteroatoms. The predicted octanol–water partition coefficient (Wildman–Crippen LogP) is 4.45. The highest BCUT2D eigenvalue weighted by molar-refractivity contribution is 8.00. The lowest BCUT2D eigenvalue weighted by Crippen LogP contribution is -2.22. The summed E-state index contributed by atoms with van der Waals surface area (Å²) in [4.78, 5) is 12.5. The molecule has 0 saturated heterocycles. The summed E-state index contributed by atoms with van der Waals surface area (Å²) in [6.07, 6.45) is 0. The number of fused-ring (bicyclic) bond motifs is 3. The van der Waals surface area contributed by atoms with Crippen molar-refractivity contribution in [2.45, 2.75) is 24.3 Å². The Morgan fingerprint density at radius 3 is 2.67 bits per heavy atom. The number of para-hydroxylation sites is 1. The number of benzene rings is 2. The molecule has 2 aromatic carbocycles. The van der Waals surface area contributed by atoms with Crippen LogP contribution in [0.1, 0.15) is 12.5 Å². The minimum Gasteiger partial charge on any atom is -0.325 e. The standard InChI is InChI=1S/C20H17FN4OS/c1-12-11-18-23-24-20(25(18)17-6-4-3-5-16(12)17)27-13(2)19(26)22-15-9-7-14(21)8-10-15/h3-11,13H,1-2H3,(H,22,26). The molecule has 1 atom stereocenters. The maximum absolute atomic E-state index is 13.0. The molecule has 0 bridgehead atoms. The zero-order chi connectivity index (χ0) is 19.0. The van der Waals surface area contributed by atoms with Crippen LogP contribution in [0, 0.1) is 12.7 Å². The molecule has 0 radical (unpaired) electrons. The number of nitrogens with zero attached hydrogens (tertiary/aromatic N) is 3. The van der Waals surface area contributed by atoms with Gasteiger partial charge >= 0.3 is 0 Å². The average Bonchev–Trinajstić information content (AvgIpc) is 3.06. The molecule has 0 aliphatic carbocycles. The summed E-state index contributed by atoms with van der Waals surface area (Å²) in [5.41, 5.74) is 3.44. The predicted molar refractivity (Wildman–Crippen MR) is 106 cm³/mol. The van der Waals surface area contributed by atoms with Crippen molar-refractivity contribution in [3.8, 4) is 0 Å². The van der Waals surface area contributed by atoms with Crippen LogP contribution >= 0.6 is 11.8 Å². The SMILES string of the molecule is Cc1cc2nnc(SC(C)C(=O)Nc3ccc(F)cc3)n2c2ccccc12. The molecule has 1 amide bonds. The number of amides is 1. The van der Waals surface area contributed by atoms with E-state index >= 15 is 0 Å². The topological polar surface area (TPSA) is 59.3 Å². The van der Waals surface area contributed by atoms with Gasteiger partial charge in [-0.25, -0.2) is 4.39 Å². The Labute approximate surface area is 159 Å². The number of carbonyl (C=O) groups is 1. The van der Waals surface area contributed by atoms with Crippen LogP contribution < -0.4 is 5.32 Å².